The molecule has 45 heavy (non-hydrogen) atoms. The van der Waals surface area contributed by atoms with Crippen LogP contribution < -0.4 is 15.0 Å². The fourth-order valence-corrected chi connectivity index (χ4v) is 5.96. The molecular weight excluding hydrogens is 608 g/mol. The molecule has 0 saturated carbocycles. The van der Waals surface area contributed by atoms with Crippen LogP contribution in [0.1, 0.15) is 44.2 Å². The first kappa shape index (κ1) is 31.8. The summed E-state index contributed by atoms with van der Waals surface area (Å²) in [4.78, 5) is 23.4. The third kappa shape index (κ3) is 7.90. The molecule has 1 N–H and O–H groups in total. The van der Waals surface area contributed by atoms with E-state index in [9.17, 15) is 22.4 Å². The van der Waals surface area contributed by atoms with Gasteiger partial charge in [0.15, 0.2) is 11.0 Å². The van der Waals surface area contributed by atoms with Crippen LogP contribution in [0.2, 0.25) is 0 Å². The molecule has 0 aliphatic carbocycles. The number of thioether (sulfide) groups is 1. The predicted molar refractivity (Wildman–Crippen MR) is 168 cm³/mol. The van der Waals surface area contributed by atoms with E-state index in [2.05, 4.69) is 56.9 Å². The Morgan fingerprint density at radius 3 is 2.49 bits per heavy atom. The lowest BCUT2D eigenvalue weighted by molar-refractivity contribution is -0.274. The van der Waals surface area contributed by atoms with Crippen molar-refractivity contribution in [3.63, 3.8) is 0 Å². The van der Waals surface area contributed by atoms with Crippen LogP contribution in [0.15, 0.2) is 90.3 Å². The number of anilines is 1. The van der Waals surface area contributed by atoms with Gasteiger partial charge >= 0.3 is 12.4 Å². The number of nitrogens with zero attached hydrogens (tertiary/aromatic N) is 5. The van der Waals surface area contributed by atoms with Gasteiger partial charge in [0.25, 0.3) is 0 Å². The summed E-state index contributed by atoms with van der Waals surface area (Å²) in [6.07, 6.45) is -1.46. The summed E-state index contributed by atoms with van der Waals surface area (Å²) in [6, 6.07) is 19.0. The summed E-state index contributed by atoms with van der Waals surface area (Å²) in [7, 11) is 0. The molecule has 1 aliphatic rings. The second-order valence-corrected chi connectivity index (χ2v) is 11.6. The Bertz CT molecular complexity index is 1700. The molecule has 2 heterocycles. The molecule has 3 aromatic carbocycles. The van der Waals surface area contributed by atoms with Crippen LogP contribution in [-0.4, -0.2) is 44.1 Å². The second kappa shape index (κ2) is 13.6. The first-order chi connectivity index (χ1) is 21.5. The van der Waals surface area contributed by atoms with Crippen molar-refractivity contribution in [1.82, 2.24) is 20.1 Å². The van der Waals surface area contributed by atoms with E-state index in [0.717, 1.165) is 29.6 Å². The number of amides is 2. The molecular formula is C32H30F4N6O2S. The summed E-state index contributed by atoms with van der Waals surface area (Å²) in [5.74, 6) is 0.418. The number of hydrogen-bond acceptors (Lipinski definition) is 5. The standard InChI is InChI=1S/C32H30F4N6O2S/c1-20(2)26-6-4-5-7-28(26)42-21(3)16-17-45-31(42)39-30(43)37-18-27(33)22-8-10-23(11-9-22)29-38-19-41(40-29)24-12-14-25(15-13-24)44-32(34,35)36/h4-15,18-21H,16-17H2,1-3H3,(H,37,43)/b27-18-,39-31-. The van der Waals surface area contributed by atoms with Crippen LogP contribution in [0, 0.1) is 0 Å². The maximum absolute atomic E-state index is 15.0. The molecule has 1 atom stereocenters. The minimum absolute atomic E-state index is 0.141. The molecule has 13 heteroatoms. The molecule has 5 rings (SSSR count). The number of carbonyl (C=O) groups is 1. The van der Waals surface area contributed by atoms with E-state index < -0.39 is 18.2 Å². The Morgan fingerprint density at radius 1 is 1.09 bits per heavy atom. The van der Waals surface area contributed by atoms with E-state index in [4.69, 9.17) is 0 Å². The van der Waals surface area contributed by atoms with Crippen LogP contribution in [0.25, 0.3) is 22.9 Å². The minimum Gasteiger partial charge on any atom is -0.406 e. The molecule has 0 radical (unpaired) electrons. The van der Waals surface area contributed by atoms with E-state index in [-0.39, 0.29) is 23.3 Å². The van der Waals surface area contributed by atoms with Crippen molar-refractivity contribution < 1.29 is 27.1 Å². The van der Waals surface area contributed by atoms with Gasteiger partial charge in [0.2, 0.25) is 0 Å². The van der Waals surface area contributed by atoms with Crippen molar-refractivity contribution in [2.45, 2.75) is 45.5 Å². The second-order valence-electron chi connectivity index (χ2n) is 10.5. The fourth-order valence-electron chi connectivity index (χ4n) is 4.76. The number of urea groups is 1. The van der Waals surface area contributed by atoms with Crippen LogP contribution in [0.3, 0.4) is 0 Å². The molecule has 0 bridgehead atoms. The number of rotatable bonds is 7. The van der Waals surface area contributed by atoms with Crippen LogP contribution >= 0.6 is 11.8 Å². The molecule has 1 unspecified atom stereocenters. The molecule has 1 fully saturated rings. The monoisotopic (exact) mass is 638 g/mol. The maximum atomic E-state index is 15.0. The Morgan fingerprint density at radius 2 is 1.80 bits per heavy atom. The van der Waals surface area contributed by atoms with Gasteiger partial charge in [0.1, 0.15) is 17.9 Å². The lowest BCUT2D eigenvalue weighted by atomic mass is 9.99. The van der Waals surface area contributed by atoms with E-state index in [1.54, 1.807) is 12.1 Å². The van der Waals surface area contributed by atoms with E-state index >= 15 is 0 Å². The summed E-state index contributed by atoms with van der Waals surface area (Å²) in [6.45, 7) is 6.34. The third-order valence-corrected chi connectivity index (χ3v) is 7.98. The molecule has 0 spiro atoms. The van der Waals surface area contributed by atoms with E-state index in [1.165, 1.54) is 59.2 Å². The first-order valence-electron chi connectivity index (χ1n) is 14.1. The lowest BCUT2D eigenvalue weighted by Gasteiger charge is -2.37. The molecule has 8 nitrogen and oxygen atoms in total. The van der Waals surface area contributed by atoms with Gasteiger partial charge in [-0.05, 0) is 55.2 Å². The van der Waals surface area contributed by atoms with Gasteiger partial charge in [0.05, 0.1) is 5.69 Å². The molecule has 1 aromatic heterocycles. The van der Waals surface area contributed by atoms with Crippen molar-refractivity contribution in [2.75, 3.05) is 10.7 Å². The van der Waals surface area contributed by atoms with Gasteiger partial charge in [0, 0.05) is 34.8 Å². The Labute approximate surface area is 261 Å². The molecule has 2 amide bonds. The van der Waals surface area contributed by atoms with Crippen LogP contribution in [-0.2, 0) is 0 Å². The Kier molecular flexibility index (Phi) is 9.57. The number of alkyl halides is 3. The lowest BCUT2D eigenvalue weighted by Crippen LogP contribution is -2.42. The number of hydrogen-bond donors (Lipinski definition) is 1. The highest BCUT2D eigenvalue weighted by Gasteiger charge is 2.31. The van der Waals surface area contributed by atoms with E-state index in [0.29, 0.717) is 22.2 Å². The van der Waals surface area contributed by atoms with Crippen LogP contribution in [0.4, 0.5) is 28.0 Å². The van der Waals surface area contributed by atoms with Gasteiger partial charge < -0.3 is 15.0 Å². The minimum atomic E-state index is -4.78. The van der Waals surface area contributed by atoms with Crippen molar-refractivity contribution in [3.8, 4) is 22.8 Å². The molecule has 1 saturated heterocycles. The number of carbonyl (C=O) groups excluding carboxylic acids is 1. The molecule has 234 valence electrons. The summed E-state index contributed by atoms with van der Waals surface area (Å²) < 4.78 is 57.5. The van der Waals surface area contributed by atoms with Gasteiger partial charge in [-0.3, -0.25) is 0 Å². The van der Waals surface area contributed by atoms with Crippen molar-refractivity contribution >= 4 is 34.5 Å². The summed E-state index contributed by atoms with van der Waals surface area (Å²) in [5.41, 5.74) is 3.45. The predicted octanol–water partition coefficient (Wildman–Crippen LogP) is 8.32. The van der Waals surface area contributed by atoms with Gasteiger partial charge in [-0.15, -0.1) is 18.3 Å². The molecule has 1 aliphatic heterocycles. The number of ether oxygens (including phenoxy) is 1. The zero-order valence-corrected chi connectivity index (χ0v) is 25.4. The number of benzene rings is 3. The number of amidine groups is 1. The topological polar surface area (TPSA) is 84.6 Å². The quantitative estimate of drug-likeness (QED) is 0.205. The number of para-hydroxylation sites is 1. The largest absolute Gasteiger partial charge is 0.573 e. The van der Waals surface area contributed by atoms with Gasteiger partial charge in [-0.1, -0.05) is 68.1 Å². The normalized spacial score (nSPS) is 16.7. The first-order valence-corrected chi connectivity index (χ1v) is 15.1. The third-order valence-electron chi connectivity index (χ3n) is 7.00. The van der Waals surface area contributed by atoms with Crippen molar-refractivity contribution in [3.05, 3.63) is 96.5 Å². The van der Waals surface area contributed by atoms with Crippen molar-refractivity contribution in [1.29, 1.82) is 0 Å². The van der Waals surface area contributed by atoms with Crippen molar-refractivity contribution in [2.24, 2.45) is 4.99 Å². The maximum Gasteiger partial charge on any atom is 0.573 e. The fraction of sp³-hybridized carbons (Fsp3) is 0.250. The zero-order chi connectivity index (χ0) is 32.1. The summed E-state index contributed by atoms with van der Waals surface area (Å²) in [5, 5.41) is 7.35. The SMILES string of the molecule is CC(C)c1ccccc1N1/C(=N/C(=O)N/C=C(\F)c2ccc(-c3ncn(-c4ccc(OC(F)(F)F)cc4)n3)cc2)SCCC1C. The Balaban J connectivity index is 1.25. The van der Waals surface area contributed by atoms with Gasteiger partial charge in [-0.2, -0.15) is 4.99 Å². The smallest absolute Gasteiger partial charge is 0.406 e. The van der Waals surface area contributed by atoms with Crippen LogP contribution in [0.5, 0.6) is 5.75 Å². The number of aromatic nitrogens is 3. The van der Waals surface area contributed by atoms with E-state index in [1.807, 2.05) is 18.2 Å². The molecule has 4 aromatic rings. The summed E-state index contributed by atoms with van der Waals surface area (Å²) >= 11 is 1.49. The number of halogens is 4. The average Bonchev–Trinajstić information content (AvgIpc) is 3.50. The van der Waals surface area contributed by atoms with Gasteiger partial charge in [-0.25, -0.2) is 18.9 Å². The number of aliphatic imine (C=N–C) groups is 1. The highest BCUT2D eigenvalue weighted by atomic mass is 32.2. The number of nitrogens with one attached hydrogen (secondary N) is 1. The highest BCUT2D eigenvalue weighted by molar-refractivity contribution is 8.14. The average molecular weight is 639 g/mol. The highest BCUT2D eigenvalue weighted by Crippen LogP contribution is 2.34. The Hall–Kier alpha value is -4.65. The zero-order valence-electron chi connectivity index (χ0n) is 24.6.